The molecule has 2 nitrogen and oxygen atoms in total. The zero-order valence-corrected chi connectivity index (χ0v) is 19.4. The van der Waals surface area contributed by atoms with Gasteiger partial charge in [0.25, 0.3) is 0 Å². The molecule has 0 aromatic carbocycles. The van der Waals surface area contributed by atoms with Crippen molar-refractivity contribution in [2.24, 2.45) is 17.8 Å². The SMILES string of the molecule is CCCCCCCCC(CCCCCCCCC(=O)OC)C(C)C(C)CC. The van der Waals surface area contributed by atoms with Gasteiger partial charge in [-0.15, -0.1) is 0 Å². The number of hydrogen-bond acceptors (Lipinski definition) is 2. The van der Waals surface area contributed by atoms with Gasteiger partial charge < -0.3 is 4.74 Å². The fourth-order valence-electron chi connectivity index (χ4n) is 4.18. The summed E-state index contributed by atoms with van der Waals surface area (Å²) in [6.45, 7) is 9.59. The average Bonchev–Trinajstić information content (AvgIpc) is 2.69. The van der Waals surface area contributed by atoms with Crippen LogP contribution in [0.4, 0.5) is 0 Å². The maximum Gasteiger partial charge on any atom is 0.305 e. The second kappa shape index (κ2) is 18.8. The molecule has 0 radical (unpaired) electrons. The monoisotopic (exact) mass is 382 g/mol. The Hall–Kier alpha value is -0.530. The molecule has 0 spiro atoms. The highest BCUT2D eigenvalue weighted by atomic mass is 16.5. The van der Waals surface area contributed by atoms with Crippen molar-refractivity contribution in [3.8, 4) is 0 Å². The van der Waals surface area contributed by atoms with Crippen molar-refractivity contribution in [2.45, 2.75) is 130 Å². The molecular formula is C25H50O2. The maximum absolute atomic E-state index is 11.1. The first-order valence-corrected chi connectivity index (χ1v) is 12.1. The van der Waals surface area contributed by atoms with Crippen LogP contribution in [0, 0.1) is 17.8 Å². The summed E-state index contributed by atoms with van der Waals surface area (Å²) in [4.78, 5) is 11.1. The van der Waals surface area contributed by atoms with E-state index in [2.05, 4.69) is 27.7 Å². The lowest BCUT2D eigenvalue weighted by molar-refractivity contribution is -0.140. The molecule has 27 heavy (non-hydrogen) atoms. The van der Waals surface area contributed by atoms with Gasteiger partial charge in [-0.3, -0.25) is 4.79 Å². The van der Waals surface area contributed by atoms with Crippen LogP contribution in [0.1, 0.15) is 130 Å². The molecule has 3 atom stereocenters. The number of rotatable bonds is 19. The average molecular weight is 383 g/mol. The molecule has 0 aromatic rings. The predicted molar refractivity (Wildman–Crippen MR) is 119 cm³/mol. The van der Waals surface area contributed by atoms with Crippen molar-refractivity contribution in [3.05, 3.63) is 0 Å². The lowest BCUT2D eigenvalue weighted by atomic mass is 9.77. The zero-order chi connectivity index (χ0) is 20.3. The Bertz CT molecular complexity index is 326. The van der Waals surface area contributed by atoms with E-state index in [9.17, 15) is 4.79 Å². The molecular weight excluding hydrogens is 332 g/mol. The van der Waals surface area contributed by atoms with Crippen LogP contribution in [0.3, 0.4) is 0 Å². The van der Waals surface area contributed by atoms with E-state index in [-0.39, 0.29) is 5.97 Å². The van der Waals surface area contributed by atoms with E-state index in [0.717, 1.165) is 24.2 Å². The van der Waals surface area contributed by atoms with Gasteiger partial charge in [-0.25, -0.2) is 0 Å². The molecule has 0 aliphatic rings. The summed E-state index contributed by atoms with van der Waals surface area (Å²) in [5, 5.41) is 0. The first kappa shape index (κ1) is 26.5. The molecule has 0 N–H and O–H groups in total. The lowest BCUT2D eigenvalue weighted by Crippen LogP contribution is -2.19. The Balaban J connectivity index is 3.94. The third-order valence-electron chi connectivity index (χ3n) is 6.65. The van der Waals surface area contributed by atoms with Crippen molar-refractivity contribution >= 4 is 5.97 Å². The van der Waals surface area contributed by atoms with E-state index in [1.807, 2.05) is 0 Å². The highest BCUT2D eigenvalue weighted by molar-refractivity contribution is 5.68. The van der Waals surface area contributed by atoms with Crippen LogP contribution in [-0.4, -0.2) is 13.1 Å². The molecule has 0 aliphatic heterocycles. The van der Waals surface area contributed by atoms with Gasteiger partial charge in [-0.2, -0.15) is 0 Å². The van der Waals surface area contributed by atoms with Gasteiger partial charge >= 0.3 is 5.97 Å². The van der Waals surface area contributed by atoms with E-state index < -0.39 is 0 Å². The smallest absolute Gasteiger partial charge is 0.305 e. The molecule has 0 aromatic heterocycles. The van der Waals surface area contributed by atoms with Crippen LogP contribution in [0.25, 0.3) is 0 Å². The summed E-state index contributed by atoms with van der Waals surface area (Å²) in [5.41, 5.74) is 0. The number of ether oxygens (including phenoxy) is 1. The highest BCUT2D eigenvalue weighted by Crippen LogP contribution is 2.31. The fraction of sp³-hybridized carbons (Fsp3) is 0.960. The third-order valence-corrected chi connectivity index (χ3v) is 6.65. The summed E-state index contributed by atoms with van der Waals surface area (Å²) in [6.07, 6.45) is 20.7. The number of methoxy groups -OCH3 is 1. The number of unbranched alkanes of at least 4 members (excludes halogenated alkanes) is 10. The molecule has 3 unspecified atom stereocenters. The number of carbonyl (C=O) groups is 1. The summed E-state index contributed by atoms with van der Waals surface area (Å²) in [6, 6.07) is 0. The van der Waals surface area contributed by atoms with Crippen molar-refractivity contribution in [2.75, 3.05) is 7.11 Å². The molecule has 0 heterocycles. The van der Waals surface area contributed by atoms with Gasteiger partial charge in [0.1, 0.15) is 0 Å². The minimum Gasteiger partial charge on any atom is -0.469 e. The molecule has 0 saturated heterocycles. The van der Waals surface area contributed by atoms with E-state index in [1.165, 1.54) is 97.0 Å². The van der Waals surface area contributed by atoms with Crippen LogP contribution >= 0.6 is 0 Å². The van der Waals surface area contributed by atoms with Gasteiger partial charge in [-0.05, 0) is 24.2 Å². The summed E-state index contributed by atoms with van der Waals surface area (Å²) < 4.78 is 4.69. The Morgan fingerprint density at radius 2 is 1.22 bits per heavy atom. The fourth-order valence-corrected chi connectivity index (χ4v) is 4.18. The Morgan fingerprint density at radius 3 is 1.70 bits per heavy atom. The van der Waals surface area contributed by atoms with Gasteiger partial charge in [-0.1, -0.05) is 118 Å². The molecule has 162 valence electrons. The van der Waals surface area contributed by atoms with E-state index in [0.29, 0.717) is 6.42 Å². The van der Waals surface area contributed by atoms with Gasteiger partial charge in [0.15, 0.2) is 0 Å². The van der Waals surface area contributed by atoms with Crippen LogP contribution < -0.4 is 0 Å². The van der Waals surface area contributed by atoms with Gasteiger partial charge in [0, 0.05) is 6.42 Å². The maximum atomic E-state index is 11.1. The number of esters is 1. The van der Waals surface area contributed by atoms with Crippen molar-refractivity contribution in [3.63, 3.8) is 0 Å². The molecule has 0 bridgehead atoms. The topological polar surface area (TPSA) is 26.3 Å². The second-order valence-electron chi connectivity index (χ2n) is 8.80. The van der Waals surface area contributed by atoms with Crippen LogP contribution in [0.5, 0.6) is 0 Å². The normalized spacial score (nSPS) is 14.7. The molecule has 0 rings (SSSR count). The van der Waals surface area contributed by atoms with Gasteiger partial charge in [0.2, 0.25) is 0 Å². The third kappa shape index (κ3) is 15.1. The first-order chi connectivity index (χ1) is 13.1. The van der Waals surface area contributed by atoms with E-state index in [1.54, 1.807) is 0 Å². The van der Waals surface area contributed by atoms with Crippen molar-refractivity contribution in [1.82, 2.24) is 0 Å². The first-order valence-electron chi connectivity index (χ1n) is 12.1. The van der Waals surface area contributed by atoms with Crippen LogP contribution in [-0.2, 0) is 9.53 Å². The Kier molecular flexibility index (Phi) is 18.4. The molecule has 0 saturated carbocycles. The largest absolute Gasteiger partial charge is 0.469 e. The van der Waals surface area contributed by atoms with Gasteiger partial charge in [0.05, 0.1) is 7.11 Å². The molecule has 0 amide bonds. The minimum absolute atomic E-state index is 0.0634. The molecule has 2 heteroatoms. The standard InChI is InChI=1S/C25H50O2/c1-6-8-9-10-13-16-19-24(23(4)22(3)7-2)20-17-14-11-12-15-18-21-25(26)27-5/h22-24H,6-21H2,1-5H3. The van der Waals surface area contributed by atoms with Crippen LogP contribution in [0.2, 0.25) is 0 Å². The van der Waals surface area contributed by atoms with Crippen molar-refractivity contribution < 1.29 is 9.53 Å². The lowest BCUT2D eigenvalue weighted by Gasteiger charge is -2.29. The number of carbonyl (C=O) groups excluding carboxylic acids is 1. The minimum atomic E-state index is -0.0634. The second-order valence-corrected chi connectivity index (χ2v) is 8.80. The highest BCUT2D eigenvalue weighted by Gasteiger charge is 2.21. The van der Waals surface area contributed by atoms with Crippen LogP contribution in [0.15, 0.2) is 0 Å². The molecule has 0 aliphatic carbocycles. The van der Waals surface area contributed by atoms with Crippen molar-refractivity contribution in [1.29, 1.82) is 0 Å². The molecule has 0 fully saturated rings. The zero-order valence-electron chi connectivity index (χ0n) is 19.4. The van der Waals surface area contributed by atoms with E-state index >= 15 is 0 Å². The quantitative estimate of drug-likeness (QED) is 0.166. The summed E-state index contributed by atoms with van der Waals surface area (Å²) >= 11 is 0. The predicted octanol–water partition coefficient (Wildman–Crippen LogP) is 8.33. The summed E-state index contributed by atoms with van der Waals surface area (Å²) in [5.74, 6) is 2.58. The Morgan fingerprint density at radius 1 is 0.741 bits per heavy atom. The summed E-state index contributed by atoms with van der Waals surface area (Å²) in [7, 11) is 1.48. The Labute approximate surface area is 171 Å². The van der Waals surface area contributed by atoms with E-state index in [4.69, 9.17) is 4.74 Å². The number of hydrogen-bond donors (Lipinski definition) is 0.